The van der Waals surface area contributed by atoms with E-state index in [0.29, 0.717) is 33.9 Å². The first-order valence-corrected chi connectivity index (χ1v) is 9.60. The minimum atomic E-state index is -0.688. The summed E-state index contributed by atoms with van der Waals surface area (Å²) in [6, 6.07) is 14.1. The highest BCUT2D eigenvalue weighted by atomic mass is 16.5. The molecule has 0 bridgehead atoms. The molecule has 0 aliphatic rings. The number of ether oxygens (including phenoxy) is 2. The molecule has 0 aliphatic heterocycles. The van der Waals surface area contributed by atoms with E-state index in [0.717, 1.165) is 5.56 Å². The maximum absolute atomic E-state index is 13.7. The predicted octanol–water partition coefficient (Wildman–Crippen LogP) is 4.33. The van der Waals surface area contributed by atoms with Crippen molar-refractivity contribution in [3.63, 3.8) is 0 Å². The third kappa shape index (κ3) is 4.95. The molecule has 7 nitrogen and oxygen atoms in total. The second-order valence-corrected chi connectivity index (χ2v) is 6.66. The first-order chi connectivity index (χ1) is 15.1. The Morgan fingerprint density at radius 1 is 1.06 bits per heavy atom. The van der Waals surface area contributed by atoms with E-state index in [2.05, 4.69) is 10.3 Å². The monoisotopic (exact) mass is 419 g/mol. The van der Waals surface area contributed by atoms with Crippen molar-refractivity contribution >= 4 is 23.3 Å². The zero-order valence-electron chi connectivity index (χ0n) is 17.7. The molecule has 7 heteroatoms. The number of hydrogen-bond donors (Lipinski definition) is 2. The highest BCUT2D eigenvalue weighted by Gasteiger charge is 2.26. The van der Waals surface area contributed by atoms with E-state index in [9.17, 15) is 4.79 Å². The first-order valence-electron chi connectivity index (χ1n) is 9.60. The molecule has 3 N–H and O–H groups in total. The van der Waals surface area contributed by atoms with Crippen molar-refractivity contribution in [3.8, 4) is 11.5 Å². The Balaban J connectivity index is 2.04. The van der Waals surface area contributed by atoms with Crippen molar-refractivity contribution in [2.24, 2.45) is 10.7 Å². The molecule has 1 heterocycles. The largest absolute Gasteiger partial charge is 0.497 e. The Morgan fingerprint density at radius 2 is 1.71 bits per heavy atom. The molecule has 0 fully saturated rings. The summed E-state index contributed by atoms with van der Waals surface area (Å²) in [4.78, 5) is 17.7. The quantitative estimate of drug-likeness (QED) is 0.396. The fourth-order valence-electron chi connectivity index (χ4n) is 3.21. The summed E-state index contributed by atoms with van der Waals surface area (Å²) in [5.74, 6) is 1.04. The lowest BCUT2D eigenvalue weighted by Gasteiger charge is -2.20. The fourth-order valence-corrected chi connectivity index (χ4v) is 3.21. The molecule has 1 aromatic heterocycles. The number of carbonyl (C=O) groups is 1. The number of rotatable bonds is 9. The SMILES string of the molecule is CN=CC(=CN)c1cocc1C(=O)C(Nc1cc(OC)cc(OC)c1)c1ccccc1. The second kappa shape index (κ2) is 10.2. The minimum absolute atomic E-state index is 0.180. The number of ketones is 1. The number of nitrogens with one attached hydrogen (secondary N) is 1. The first kappa shape index (κ1) is 21.7. The summed E-state index contributed by atoms with van der Waals surface area (Å²) >= 11 is 0. The average molecular weight is 419 g/mol. The molecule has 0 spiro atoms. The van der Waals surface area contributed by atoms with E-state index >= 15 is 0 Å². The predicted molar refractivity (Wildman–Crippen MR) is 122 cm³/mol. The highest BCUT2D eigenvalue weighted by Crippen LogP contribution is 2.31. The van der Waals surface area contributed by atoms with Gasteiger partial charge < -0.3 is 24.9 Å². The number of hydrogen-bond acceptors (Lipinski definition) is 7. The van der Waals surface area contributed by atoms with Crippen LogP contribution in [0.25, 0.3) is 5.57 Å². The molecule has 0 saturated heterocycles. The zero-order chi connectivity index (χ0) is 22.2. The Hall–Kier alpha value is -4.00. The molecule has 0 saturated carbocycles. The lowest BCUT2D eigenvalue weighted by atomic mass is 9.94. The number of allylic oxidation sites excluding steroid dienone is 1. The van der Waals surface area contributed by atoms with Crippen LogP contribution in [0.3, 0.4) is 0 Å². The van der Waals surface area contributed by atoms with Crippen LogP contribution in [0, 0.1) is 0 Å². The molecule has 2 aromatic carbocycles. The van der Waals surface area contributed by atoms with Crippen LogP contribution in [-0.2, 0) is 0 Å². The van der Waals surface area contributed by atoms with Gasteiger partial charge in [-0.15, -0.1) is 0 Å². The standard InChI is InChI=1S/C24H25N3O4/c1-26-13-17(12-25)21-14-31-15-22(21)24(28)23(16-7-5-4-6-8-16)27-18-9-19(29-2)11-20(10-18)30-3/h4-15,23,27H,25H2,1-3H3. The summed E-state index contributed by atoms with van der Waals surface area (Å²) in [5.41, 5.74) is 8.78. The van der Waals surface area contributed by atoms with Crippen molar-refractivity contribution < 1.29 is 18.7 Å². The van der Waals surface area contributed by atoms with Crippen LogP contribution >= 0.6 is 0 Å². The molecular formula is C24H25N3O4. The molecule has 160 valence electrons. The number of Topliss-reactive ketones (excluding diaryl/α,β-unsaturated/α-hetero) is 1. The topological polar surface area (TPSA) is 99.1 Å². The molecule has 1 unspecified atom stereocenters. The number of methoxy groups -OCH3 is 2. The molecule has 0 radical (unpaired) electrons. The molecule has 0 aliphatic carbocycles. The van der Waals surface area contributed by atoms with Gasteiger partial charge in [0.25, 0.3) is 0 Å². The number of nitrogens with two attached hydrogens (primary N) is 1. The maximum atomic E-state index is 13.7. The Kier molecular flexibility index (Phi) is 7.11. The Labute approximate surface area is 181 Å². The summed E-state index contributed by atoms with van der Waals surface area (Å²) in [5, 5.41) is 3.31. The number of nitrogens with zero attached hydrogens (tertiary/aromatic N) is 1. The highest BCUT2D eigenvalue weighted by molar-refractivity contribution is 6.15. The lowest BCUT2D eigenvalue weighted by molar-refractivity contribution is 0.0968. The van der Waals surface area contributed by atoms with E-state index < -0.39 is 6.04 Å². The van der Waals surface area contributed by atoms with E-state index in [-0.39, 0.29) is 5.78 Å². The number of carbonyl (C=O) groups excluding carboxylic acids is 1. The van der Waals surface area contributed by atoms with Gasteiger partial charge in [-0.1, -0.05) is 30.3 Å². The Bertz CT molecular complexity index is 1060. The molecular weight excluding hydrogens is 394 g/mol. The lowest BCUT2D eigenvalue weighted by Crippen LogP contribution is -2.22. The minimum Gasteiger partial charge on any atom is -0.497 e. The fraction of sp³-hybridized carbons (Fsp3) is 0.167. The maximum Gasteiger partial charge on any atom is 0.193 e. The molecule has 0 amide bonds. The van der Waals surface area contributed by atoms with Gasteiger partial charge in [0.2, 0.25) is 0 Å². The van der Waals surface area contributed by atoms with Crippen LogP contribution in [0.15, 0.2) is 76.7 Å². The zero-order valence-corrected chi connectivity index (χ0v) is 17.7. The van der Waals surface area contributed by atoms with E-state index in [4.69, 9.17) is 19.6 Å². The van der Waals surface area contributed by atoms with Crippen LogP contribution in [0.4, 0.5) is 5.69 Å². The van der Waals surface area contributed by atoms with E-state index in [1.165, 1.54) is 18.7 Å². The van der Waals surface area contributed by atoms with Gasteiger partial charge in [-0.05, 0) is 5.56 Å². The molecule has 3 rings (SSSR count). The van der Waals surface area contributed by atoms with Crippen molar-refractivity contribution in [1.29, 1.82) is 0 Å². The van der Waals surface area contributed by atoms with Gasteiger partial charge >= 0.3 is 0 Å². The van der Waals surface area contributed by atoms with Crippen LogP contribution in [0.1, 0.15) is 27.5 Å². The van der Waals surface area contributed by atoms with Gasteiger partial charge in [-0.2, -0.15) is 0 Å². The molecule has 1 atom stereocenters. The van der Waals surface area contributed by atoms with Gasteiger partial charge in [-0.3, -0.25) is 9.79 Å². The normalized spacial score (nSPS) is 12.5. The number of furan rings is 1. The van der Waals surface area contributed by atoms with Gasteiger partial charge in [-0.25, -0.2) is 0 Å². The number of anilines is 1. The average Bonchev–Trinajstić information content (AvgIpc) is 3.30. The van der Waals surface area contributed by atoms with Crippen LogP contribution in [0.5, 0.6) is 11.5 Å². The van der Waals surface area contributed by atoms with Crippen molar-refractivity contribution in [3.05, 3.63) is 83.9 Å². The summed E-state index contributed by atoms with van der Waals surface area (Å²) in [6.45, 7) is 0. The summed E-state index contributed by atoms with van der Waals surface area (Å²) in [7, 11) is 4.79. The second-order valence-electron chi connectivity index (χ2n) is 6.66. The number of aliphatic imine (C=N–C) groups is 1. The van der Waals surface area contributed by atoms with Crippen molar-refractivity contribution in [2.45, 2.75) is 6.04 Å². The van der Waals surface area contributed by atoms with Crippen molar-refractivity contribution in [1.82, 2.24) is 0 Å². The van der Waals surface area contributed by atoms with Gasteiger partial charge in [0.15, 0.2) is 5.78 Å². The van der Waals surface area contributed by atoms with Gasteiger partial charge in [0.05, 0.1) is 26.0 Å². The molecule has 3 aromatic rings. The Morgan fingerprint density at radius 3 is 2.29 bits per heavy atom. The summed E-state index contributed by atoms with van der Waals surface area (Å²) < 4.78 is 16.1. The smallest absolute Gasteiger partial charge is 0.193 e. The number of benzene rings is 2. The van der Waals surface area contributed by atoms with Crippen LogP contribution < -0.4 is 20.5 Å². The van der Waals surface area contributed by atoms with Gasteiger partial charge in [0.1, 0.15) is 23.8 Å². The van der Waals surface area contributed by atoms with Crippen LogP contribution in [0.2, 0.25) is 0 Å². The third-order valence-electron chi connectivity index (χ3n) is 4.74. The van der Waals surface area contributed by atoms with E-state index in [1.54, 1.807) is 45.7 Å². The third-order valence-corrected chi connectivity index (χ3v) is 4.74. The molecule has 31 heavy (non-hydrogen) atoms. The van der Waals surface area contributed by atoms with Crippen molar-refractivity contribution in [2.75, 3.05) is 26.6 Å². The van der Waals surface area contributed by atoms with E-state index in [1.807, 2.05) is 30.3 Å². The van der Waals surface area contributed by atoms with Crippen LogP contribution in [-0.4, -0.2) is 33.3 Å². The van der Waals surface area contributed by atoms with Gasteiger partial charge in [0, 0.05) is 54.5 Å². The summed E-state index contributed by atoms with van der Waals surface area (Å²) in [6.07, 6.45) is 5.89.